The van der Waals surface area contributed by atoms with Crippen LogP contribution in [0.1, 0.15) is 0 Å². The second-order valence-electron chi connectivity index (χ2n) is 3.54. The molecule has 1 aromatic heterocycles. The van der Waals surface area contributed by atoms with Crippen molar-refractivity contribution in [2.24, 2.45) is 0 Å². The van der Waals surface area contributed by atoms with Gasteiger partial charge in [0, 0.05) is 25.7 Å². The lowest BCUT2D eigenvalue weighted by atomic mass is 10.2. The lowest BCUT2D eigenvalue weighted by Gasteiger charge is -2.11. The second-order valence-corrected chi connectivity index (χ2v) is 3.54. The number of benzene rings is 1. The number of hydrogen-bond acceptors (Lipinski definition) is 1. The zero-order valence-corrected chi connectivity index (χ0v) is 8.57. The number of carbonyl (C=O) groups excluding carboxylic acids is 1. The van der Waals surface area contributed by atoms with Crippen molar-refractivity contribution < 1.29 is 9.18 Å². The molecule has 1 amide bonds. The third-order valence-corrected chi connectivity index (χ3v) is 2.27. The molecule has 78 valence electrons. The summed E-state index contributed by atoms with van der Waals surface area (Å²) in [6, 6.07) is 6.12. The molecular formula is C11H11FN2O. The quantitative estimate of drug-likeness (QED) is 0.649. The smallest absolute Gasteiger partial charge is 0.328 e. The van der Waals surface area contributed by atoms with E-state index in [4.69, 9.17) is 0 Å². The van der Waals surface area contributed by atoms with Crippen LogP contribution in [0.5, 0.6) is 0 Å². The summed E-state index contributed by atoms with van der Waals surface area (Å²) in [5.41, 5.74) is 0.591. The Labute approximate surface area is 86.7 Å². The van der Waals surface area contributed by atoms with Crippen LogP contribution >= 0.6 is 0 Å². The van der Waals surface area contributed by atoms with Gasteiger partial charge in [0.05, 0.1) is 5.52 Å². The van der Waals surface area contributed by atoms with Crippen molar-refractivity contribution in [2.75, 3.05) is 14.1 Å². The zero-order valence-electron chi connectivity index (χ0n) is 8.57. The summed E-state index contributed by atoms with van der Waals surface area (Å²) >= 11 is 0. The number of amides is 1. The van der Waals surface area contributed by atoms with Gasteiger partial charge < -0.3 is 4.90 Å². The average molecular weight is 206 g/mol. The predicted octanol–water partition coefficient (Wildman–Crippen LogP) is 2.31. The fourth-order valence-electron chi connectivity index (χ4n) is 1.51. The van der Waals surface area contributed by atoms with Crippen molar-refractivity contribution in [2.45, 2.75) is 0 Å². The van der Waals surface area contributed by atoms with Crippen molar-refractivity contribution in [3.05, 3.63) is 36.3 Å². The van der Waals surface area contributed by atoms with E-state index >= 15 is 0 Å². The molecule has 0 unspecified atom stereocenters. The Kier molecular flexibility index (Phi) is 2.19. The molecule has 0 aliphatic carbocycles. The summed E-state index contributed by atoms with van der Waals surface area (Å²) in [7, 11) is 3.32. The molecule has 0 atom stereocenters. The monoisotopic (exact) mass is 206 g/mol. The van der Waals surface area contributed by atoms with Crippen LogP contribution in [0, 0.1) is 5.82 Å². The van der Waals surface area contributed by atoms with Gasteiger partial charge in [0.25, 0.3) is 0 Å². The van der Waals surface area contributed by atoms with E-state index in [0.29, 0.717) is 10.9 Å². The number of rotatable bonds is 0. The van der Waals surface area contributed by atoms with E-state index in [-0.39, 0.29) is 11.8 Å². The molecule has 0 spiro atoms. The molecule has 2 aromatic rings. The van der Waals surface area contributed by atoms with Gasteiger partial charge >= 0.3 is 6.03 Å². The fourth-order valence-corrected chi connectivity index (χ4v) is 1.51. The maximum atomic E-state index is 13.3. The van der Waals surface area contributed by atoms with Crippen molar-refractivity contribution in [3.8, 4) is 0 Å². The van der Waals surface area contributed by atoms with E-state index in [2.05, 4.69) is 0 Å². The highest BCUT2D eigenvalue weighted by molar-refractivity contribution is 5.91. The van der Waals surface area contributed by atoms with E-state index in [0.717, 1.165) is 0 Å². The first-order chi connectivity index (χ1) is 7.11. The molecule has 4 heteroatoms. The molecule has 0 aliphatic heterocycles. The van der Waals surface area contributed by atoms with Gasteiger partial charge in [-0.05, 0) is 18.2 Å². The van der Waals surface area contributed by atoms with E-state index in [9.17, 15) is 9.18 Å². The van der Waals surface area contributed by atoms with Crippen LogP contribution in [-0.2, 0) is 0 Å². The van der Waals surface area contributed by atoms with E-state index in [1.807, 2.05) is 0 Å². The molecule has 0 bridgehead atoms. The van der Waals surface area contributed by atoms with Gasteiger partial charge in [-0.15, -0.1) is 0 Å². The van der Waals surface area contributed by atoms with Gasteiger partial charge in [0.2, 0.25) is 0 Å². The summed E-state index contributed by atoms with van der Waals surface area (Å²) in [5, 5.41) is 0.465. The van der Waals surface area contributed by atoms with Gasteiger partial charge in [-0.25, -0.2) is 9.18 Å². The van der Waals surface area contributed by atoms with Gasteiger partial charge in [-0.1, -0.05) is 6.07 Å². The summed E-state index contributed by atoms with van der Waals surface area (Å²) in [4.78, 5) is 13.1. The predicted molar refractivity (Wildman–Crippen MR) is 56.4 cm³/mol. The minimum Gasteiger partial charge on any atom is -0.330 e. The fraction of sp³-hybridized carbons (Fsp3) is 0.182. The van der Waals surface area contributed by atoms with Crippen molar-refractivity contribution in [1.29, 1.82) is 0 Å². The topological polar surface area (TPSA) is 25.2 Å². The number of hydrogen-bond donors (Lipinski definition) is 0. The molecule has 0 saturated carbocycles. The maximum Gasteiger partial charge on any atom is 0.328 e. The number of aromatic nitrogens is 1. The van der Waals surface area contributed by atoms with Crippen LogP contribution in [-0.4, -0.2) is 29.6 Å². The average Bonchev–Trinajstić information content (AvgIpc) is 2.61. The SMILES string of the molecule is CN(C)C(=O)n1ccc2c(F)cccc21. The Bertz CT molecular complexity index is 516. The van der Waals surface area contributed by atoms with Crippen LogP contribution in [0.2, 0.25) is 0 Å². The zero-order chi connectivity index (χ0) is 11.0. The molecular weight excluding hydrogens is 195 g/mol. The highest BCUT2D eigenvalue weighted by Crippen LogP contribution is 2.19. The Morgan fingerprint density at radius 3 is 2.73 bits per heavy atom. The molecule has 1 aromatic carbocycles. The van der Waals surface area contributed by atoms with Crippen LogP contribution in [0.25, 0.3) is 10.9 Å². The number of nitrogens with zero attached hydrogens (tertiary/aromatic N) is 2. The Balaban J connectivity index is 2.64. The summed E-state index contributed by atoms with van der Waals surface area (Å²) < 4.78 is 14.8. The van der Waals surface area contributed by atoms with Crippen LogP contribution in [0.3, 0.4) is 0 Å². The highest BCUT2D eigenvalue weighted by Gasteiger charge is 2.11. The van der Waals surface area contributed by atoms with Gasteiger partial charge in [-0.3, -0.25) is 4.57 Å². The van der Waals surface area contributed by atoms with Crippen LogP contribution in [0.4, 0.5) is 9.18 Å². The molecule has 0 aliphatic rings. The Hall–Kier alpha value is -1.84. The van der Waals surface area contributed by atoms with Crippen molar-refractivity contribution in [1.82, 2.24) is 9.47 Å². The highest BCUT2D eigenvalue weighted by atomic mass is 19.1. The Morgan fingerprint density at radius 1 is 1.33 bits per heavy atom. The van der Waals surface area contributed by atoms with Gasteiger partial charge in [0.15, 0.2) is 0 Å². The third kappa shape index (κ3) is 1.48. The normalized spacial score (nSPS) is 10.6. The largest absolute Gasteiger partial charge is 0.330 e. The van der Waals surface area contributed by atoms with E-state index in [1.165, 1.54) is 15.5 Å². The Morgan fingerprint density at radius 2 is 2.07 bits per heavy atom. The molecule has 3 nitrogen and oxygen atoms in total. The van der Waals surface area contributed by atoms with Crippen LogP contribution < -0.4 is 0 Å². The molecule has 0 saturated heterocycles. The van der Waals surface area contributed by atoms with Gasteiger partial charge in [-0.2, -0.15) is 0 Å². The maximum absolute atomic E-state index is 13.3. The van der Waals surface area contributed by atoms with Crippen molar-refractivity contribution >= 4 is 16.9 Å². The molecule has 0 radical (unpaired) electrons. The first-order valence-electron chi connectivity index (χ1n) is 4.58. The van der Waals surface area contributed by atoms with E-state index < -0.39 is 0 Å². The van der Waals surface area contributed by atoms with E-state index in [1.54, 1.807) is 38.5 Å². The molecule has 1 heterocycles. The lowest BCUT2D eigenvalue weighted by Crippen LogP contribution is -2.26. The number of carbonyl (C=O) groups is 1. The minimum atomic E-state index is -0.308. The minimum absolute atomic E-state index is 0.185. The number of fused-ring (bicyclic) bond motifs is 1. The number of halogens is 1. The summed E-state index contributed by atoms with van der Waals surface area (Å²) in [6.07, 6.45) is 1.58. The molecule has 0 N–H and O–H groups in total. The molecule has 0 fully saturated rings. The summed E-state index contributed by atoms with van der Waals surface area (Å²) in [6.45, 7) is 0. The standard InChI is InChI=1S/C11H11FN2O/c1-13(2)11(15)14-7-6-8-9(12)4-3-5-10(8)14/h3-7H,1-2H3. The van der Waals surface area contributed by atoms with Crippen molar-refractivity contribution in [3.63, 3.8) is 0 Å². The van der Waals surface area contributed by atoms with Gasteiger partial charge in [0.1, 0.15) is 5.82 Å². The lowest BCUT2D eigenvalue weighted by molar-refractivity contribution is 0.220. The summed E-state index contributed by atoms with van der Waals surface area (Å²) in [5.74, 6) is -0.308. The second kappa shape index (κ2) is 3.38. The van der Waals surface area contributed by atoms with Crippen LogP contribution in [0.15, 0.2) is 30.5 Å². The molecule has 15 heavy (non-hydrogen) atoms. The molecule has 2 rings (SSSR count). The third-order valence-electron chi connectivity index (χ3n) is 2.27. The first kappa shape index (κ1) is 9.71. The first-order valence-corrected chi connectivity index (χ1v) is 4.58.